The highest BCUT2D eigenvalue weighted by Crippen LogP contribution is 2.29. The highest BCUT2D eigenvalue weighted by Gasteiger charge is 2.23. The molecular formula is C39H57FN10O2. The van der Waals surface area contributed by atoms with Gasteiger partial charge in [0.15, 0.2) is 11.6 Å². The molecule has 0 bridgehead atoms. The lowest BCUT2D eigenvalue weighted by Crippen LogP contribution is -2.49. The molecule has 1 saturated heterocycles. The molecule has 2 aromatic carbocycles. The third-order valence-electron chi connectivity index (χ3n) is 9.40. The van der Waals surface area contributed by atoms with Gasteiger partial charge in [-0.15, -0.1) is 0 Å². The highest BCUT2D eigenvalue weighted by atomic mass is 19.1. The van der Waals surface area contributed by atoms with Gasteiger partial charge in [-0.2, -0.15) is 10.2 Å². The molecule has 4 aromatic rings. The van der Waals surface area contributed by atoms with E-state index in [-0.39, 0.29) is 17.8 Å². The second-order valence-electron chi connectivity index (χ2n) is 14.4. The number of nitrogens with two attached hydrogens (primary N) is 1. The Kier molecular flexibility index (Phi) is 13.8. The third kappa shape index (κ3) is 10.4. The van der Waals surface area contributed by atoms with Gasteiger partial charge in [0.25, 0.3) is 0 Å². The number of aromatic amines is 1. The van der Waals surface area contributed by atoms with Crippen molar-refractivity contribution in [2.45, 2.75) is 52.9 Å². The number of piperazine rings is 1. The fourth-order valence-corrected chi connectivity index (χ4v) is 6.65. The van der Waals surface area contributed by atoms with Crippen LogP contribution >= 0.6 is 0 Å². The number of halogens is 1. The molecule has 1 aliphatic heterocycles. The standard InChI is InChI=1S/C39H57FN10O2/c1-28(2)21-37(51)49-19-17-48(18-20-49)34-10-7-30(8-11-34)39-33(26-46(5)15-13-41)27-50(45-39)24-29(3)52-36-12-9-31(22-35(36)40)38-32(23-43-44-38)25-47(6)16-14-42-4/h7-12,22-23,27-29,42H,13-21,24-26,41H2,1-6H3,(H,43,44). The molecule has 1 aliphatic rings. The summed E-state index contributed by atoms with van der Waals surface area (Å²) in [6.45, 7) is 14.1. The van der Waals surface area contributed by atoms with Gasteiger partial charge < -0.3 is 35.4 Å². The summed E-state index contributed by atoms with van der Waals surface area (Å²) in [7, 11) is 6.04. The SMILES string of the molecule is CNCCN(C)Cc1cn[nH]c1-c1ccc(OC(C)Cn2cc(CN(C)CCN)c(-c3ccc(N4CCN(C(=O)CC(C)C)CC4)cc3)n2)c(F)c1. The first kappa shape index (κ1) is 38.9. The lowest BCUT2D eigenvalue weighted by molar-refractivity contribution is -0.132. The largest absolute Gasteiger partial charge is 0.486 e. The Hall–Kier alpha value is -4.30. The number of ether oxygens (including phenoxy) is 1. The summed E-state index contributed by atoms with van der Waals surface area (Å²) in [5.74, 6) is 0.377. The number of H-pyrrole nitrogens is 1. The summed E-state index contributed by atoms with van der Waals surface area (Å²) in [5.41, 5.74) is 12.5. The molecule has 12 nitrogen and oxygen atoms in total. The predicted octanol–water partition coefficient (Wildman–Crippen LogP) is 4.28. The van der Waals surface area contributed by atoms with Gasteiger partial charge in [0.05, 0.1) is 24.1 Å². The number of anilines is 1. The van der Waals surface area contributed by atoms with Crippen molar-refractivity contribution >= 4 is 11.6 Å². The molecule has 5 rings (SSSR count). The van der Waals surface area contributed by atoms with Gasteiger partial charge in [0.2, 0.25) is 5.91 Å². The van der Waals surface area contributed by atoms with Crippen LogP contribution < -0.4 is 20.7 Å². The van der Waals surface area contributed by atoms with E-state index in [1.165, 1.54) is 6.07 Å². The Morgan fingerprint density at radius 2 is 1.69 bits per heavy atom. The highest BCUT2D eigenvalue weighted by molar-refractivity contribution is 5.76. The lowest BCUT2D eigenvalue weighted by atomic mass is 10.1. The molecule has 52 heavy (non-hydrogen) atoms. The van der Waals surface area contributed by atoms with E-state index in [1.54, 1.807) is 12.3 Å². The van der Waals surface area contributed by atoms with Crippen molar-refractivity contribution in [2.75, 3.05) is 78.4 Å². The Morgan fingerprint density at radius 1 is 1.00 bits per heavy atom. The molecule has 0 spiro atoms. The Labute approximate surface area is 308 Å². The summed E-state index contributed by atoms with van der Waals surface area (Å²) < 4.78 is 23.5. The van der Waals surface area contributed by atoms with Gasteiger partial charge in [-0.25, -0.2) is 4.39 Å². The Balaban J connectivity index is 1.25. The number of benzene rings is 2. The zero-order valence-electron chi connectivity index (χ0n) is 31.7. The summed E-state index contributed by atoms with van der Waals surface area (Å²) in [5, 5.41) is 15.4. The van der Waals surface area contributed by atoms with Crippen molar-refractivity contribution in [3.63, 3.8) is 0 Å². The van der Waals surface area contributed by atoms with Crippen molar-refractivity contribution < 1.29 is 13.9 Å². The molecule has 1 unspecified atom stereocenters. The number of nitrogens with one attached hydrogen (secondary N) is 2. The monoisotopic (exact) mass is 716 g/mol. The first-order chi connectivity index (χ1) is 25.0. The molecular weight excluding hydrogens is 659 g/mol. The van der Waals surface area contributed by atoms with E-state index in [4.69, 9.17) is 15.6 Å². The number of hydrogen-bond donors (Lipinski definition) is 3. The van der Waals surface area contributed by atoms with Gasteiger partial charge >= 0.3 is 0 Å². The van der Waals surface area contributed by atoms with Gasteiger partial charge in [0.1, 0.15) is 6.10 Å². The summed E-state index contributed by atoms with van der Waals surface area (Å²) >= 11 is 0. The maximum atomic E-state index is 15.4. The predicted molar refractivity (Wildman–Crippen MR) is 206 cm³/mol. The average molecular weight is 717 g/mol. The normalized spacial score (nSPS) is 14.2. The van der Waals surface area contributed by atoms with Crippen molar-refractivity contribution in [1.29, 1.82) is 0 Å². The quantitative estimate of drug-likeness (QED) is 0.139. The number of amides is 1. The molecule has 1 fully saturated rings. The molecule has 282 valence electrons. The fourth-order valence-electron chi connectivity index (χ4n) is 6.65. The maximum absolute atomic E-state index is 15.4. The zero-order valence-corrected chi connectivity index (χ0v) is 31.7. The van der Waals surface area contributed by atoms with Gasteiger partial charge in [-0.1, -0.05) is 26.0 Å². The summed E-state index contributed by atoms with van der Waals surface area (Å²) in [4.78, 5) is 21.2. The lowest BCUT2D eigenvalue weighted by Gasteiger charge is -2.36. The Bertz CT molecular complexity index is 1710. The minimum absolute atomic E-state index is 0.194. The minimum atomic E-state index is -0.428. The van der Waals surface area contributed by atoms with Crippen LogP contribution in [0.1, 0.15) is 38.3 Å². The topological polar surface area (TPSA) is 124 Å². The third-order valence-corrected chi connectivity index (χ3v) is 9.40. The van der Waals surface area contributed by atoms with Gasteiger partial charge in [0, 0.05) is 106 Å². The smallest absolute Gasteiger partial charge is 0.222 e. The van der Waals surface area contributed by atoms with Crippen LogP contribution in [-0.2, 0) is 24.4 Å². The van der Waals surface area contributed by atoms with Crippen LogP contribution in [0.5, 0.6) is 5.75 Å². The first-order valence-electron chi connectivity index (χ1n) is 18.4. The van der Waals surface area contributed by atoms with Crippen molar-refractivity contribution in [3.05, 3.63) is 71.8 Å². The fraction of sp³-hybridized carbons (Fsp3) is 0.513. The average Bonchev–Trinajstić information content (AvgIpc) is 3.74. The van der Waals surface area contributed by atoms with Gasteiger partial charge in [-0.3, -0.25) is 14.6 Å². The van der Waals surface area contributed by atoms with E-state index >= 15 is 4.39 Å². The number of carbonyl (C=O) groups excluding carboxylic acids is 1. The summed E-state index contributed by atoms with van der Waals surface area (Å²) in [6, 6.07) is 13.6. The second-order valence-corrected chi connectivity index (χ2v) is 14.4. The van der Waals surface area contributed by atoms with Crippen LogP contribution in [-0.4, -0.2) is 120 Å². The number of hydrogen-bond acceptors (Lipinski definition) is 9. The second kappa shape index (κ2) is 18.5. The van der Waals surface area contributed by atoms with E-state index in [0.717, 1.165) is 85.1 Å². The molecule has 13 heteroatoms. The van der Waals surface area contributed by atoms with Crippen LogP contribution in [0.4, 0.5) is 10.1 Å². The Morgan fingerprint density at radius 3 is 2.37 bits per heavy atom. The zero-order chi connectivity index (χ0) is 37.2. The molecule has 1 atom stereocenters. The minimum Gasteiger partial charge on any atom is -0.486 e. The van der Waals surface area contributed by atoms with Crippen LogP contribution in [0.15, 0.2) is 54.9 Å². The van der Waals surface area contributed by atoms with Crippen molar-refractivity contribution in [3.8, 4) is 28.3 Å². The molecule has 0 saturated carbocycles. The van der Waals surface area contributed by atoms with E-state index in [2.05, 4.69) is 88.6 Å². The molecule has 4 N–H and O–H groups in total. The van der Waals surface area contributed by atoms with Crippen LogP contribution in [0.2, 0.25) is 0 Å². The molecule has 1 amide bonds. The van der Waals surface area contributed by atoms with Crippen LogP contribution in [0.25, 0.3) is 22.5 Å². The van der Waals surface area contributed by atoms with E-state index in [9.17, 15) is 4.79 Å². The number of aromatic nitrogens is 4. The molecule has 0 aliphatic carbocycles. The van der Waals surface area contributed by atoms with Gasteiger partial charge in [-0.05, 0) is 64.3 Å². The summed E-state index contributed by atoms with van der Waals surface area (Å²) in [6.07, 6.45) is 4.10. The molecule has 3 heterocycles. The van der Waals surface area contributed by atoms with Crippen molar-refractivity contribution in [1.82, 2.24) is 40.0 Å². The van der Waals surface area contributed by atoms with Crippen LogP contribution in [0, 0.1) is 11.7 Å². The first-order valence-corrected chi connectivity index (χ1v) is 18.4. The maximum Gasteiger partial charge on any atom is 0.222 e. The molecule has 0 radical (unpaired) electrons. The molecule has 2 aromatic heterocycles. The van der Waals surface area contributed by atoms with E-state index in [0.29, 0.717) is 38.5 Å². The number of rotatable bonds is 18. The van der Waals surface area contributed by atoms with Crippen LogP contribution in [0.3, 0.4) is 0 Å². The van der Waals surface area contributed by atoms with E-state index in [1.807, 2.05) is 29.6 Å². The van der Waals surface area contributed by atoms with Crippen molar-refractivity contribution in [2.24, 2.45) is 11.7 Å². The number of nitrogens with zero attached hydrogens (tertiary/aromatic N) is 7. The number of likely N-dealkylation sites (N-methyl/N-ethyl adjacent to an activating group) is 3. The number of carbonyl (C=O) groups is 1. The van der Waals surface area contributed by atoms with E-state index < -0.39 is 5.82 Å².